The normalized spacial score (nSPS) is 14.5. The van der Waals surface area contributed by atoms with E-state index in [1.165, 1.54) is 6.33 Å². The predicted molar refractivity (Wildman–Crippen MR) is 105 cm³/mol. The molecule has 0 unspecified atom stereocenters. The number of aryl methyl sites for hydroxylation is 1. The van der Waals surface area contributed by atoms with Gasteiger partial charge in [0, 0.05) is 37.9 Å². The third kappa shape index (κ3) is 4.05. The SMILES string of the molecule is COc1ccc(Nc2ncc(CN3CC(N)C3)cc2-c2ncnc(C)n2)cn1. The summed E-state index contributed by atoms with van der Waals surface area (Å²) >= 11 is 0. The zero-order valence-corrected chi connectivity index (χ0v) is 15.8. The molecule has 0 saturated carbocycles. The van der Waals surface area contributed by atoms with Crippen LogP contribution in [0.1, 0.15) is 11.4 Å². The van der Waals surface area contributed by atoms with Crippen LogP contribution in [0.25, 0.3) is 11.4 Å². The Morgan fingerprint density at radius 3 is 2.71 bits per heavy atom. The van der Waals surface area contributed by atoms with Crippen LogP contribution in [0.15, 0.2) is 36.9 Å². The fraction of sp³-hybridized carbons (Fsp3) is 0.316. The van der Waals surface area contributed by atoms with Gasteiger partial charge in [-0.25, -0.2) is 24.9 Å². The fourth-order valence-corrected chi connectivity index (χ4v) is 3.08. The van der Waals surface area contributed by atoms with Gasteiger partial charge in [-0.1, -0.05) is 0 Å². The highest BCUT2D eigenvalue weighted by Crippen LogP contribution is 2.28. The smallest absolute Gasteiger partial charge is 0.213 e. The van der Waals surface area contributed by atoms with Gasteiger partial charge in [0.25, 0.3) is 0 Å². The second-order valence-electron chi connectivity index (χ2n) is 6.76. The Labute approximate surface area is 163 Å². The molecule has 9 heteroatoms. The number of likely N-dealkylation sites (tertiary alicyclic amines) is 1. The molecule has 3 aromatic rings. The number of rotatable bonds is 6. The summed E-state index contributed by atoms with van der Waals surface area (Å²) in [5.74, 6) is 2.43. The number of pyridine rings is 2. The molecule has 0 aromatic carbocycles. The highest BCUT2D eigenvalue weighted by Gasteiger charge is 2.23. The van der Waals surface area contributed by atoms with Gasteiger partial charge in [0.2, 0.25) is 5.88 Å². The zero-order chi connectivity index (χ0) is 19.5. The van der Waals surface area contributed by atoms with Crippen LogP contribution in [-0.2, 0) is 6.54 Å². The minimum atomic E-state index is 0.266. The topological polar surface area (TPSA) is 115 Å². The lowest BCUT2D eigenvalue weighted by Gasteiger charge is -2.36. The summed E-state index contributed by atoms with van der Waals surface area (Å²) in [6, 6.07) is 5.99. The van der Waals surface area contributed by atoms with E-state index in [2.05, 4.69) is 41.2 Å². The molecular formula is C19H22N8O. The van der Waals surface area contributed by atoms with Gasteiger partial charge in [-0.2, -0.15) is 0 Å². The number of nitrogens with one attached hydrogen (secondary N) is 1. The minimum Gasteiger partial charge on any atom is -0.481 e. The molecule has 1 aliphatic heterocycles. The summed E-state index contributed by atoms with van der Waals surface area (Å²) < 4.78 is 5.11. The molecule has 3 aromatic heterocycles. The van der Waals surface area contributed by atoms with Crippen molar-refractivity contribution in [3.8, 4) is 17.3 Å². The average molecular weight is 378 g/mol. The number of anilines is 2. The summed E-state index contributed by atoms with van der Waals surface area (Å²) in [4.78, 5) is 24.0. The van der Waals surface area contributed by atoms with Gasteiger partial charge in [-0.05, 0) is 24.6 Å². The average Bonchev–Trinajstić information content (AvgIpc) is 2.68. The quantitative estimate of drug-likeness (QED) is 0.659. The number of hydrogen-bond donors (Lipinski definition) is 2. The minimum absolute atomic E-state index is 0.266. The number of methoxy groups -OCH3 is 1. The highest BCUT2D eigenvalue weighted by molar-refractivity contribution is 5.74. The first-order chi connectivity index (χ1) is 13.6. The van der Waals surface area contributed by atoms with Gasteiger partial charge in [-0.15, -0.1) is 0 Å². The van der Waals surface area contributed by atoms with E-state index in [0.717, 1.165) is 36.4 Å². The molecule has 1 saturated heterocycles. The van der Waals surface area contributed by atoms with Crippen LogP contribution in [0, 0.1) is 6.92 Å². The molecule has 28 heavy (non-hydrogen) atoms. The van der Waals surface area contributed by atoms with E-state index in [1.807, 2.05) is 19.2 Å². The van der Waals surface area contributed by atoms with Crippen molar-refractivity contribution in [2.45, 2.75) is 19.5 Å². The predicted octanol–water partition coefficient (Wildman–Crippen LogP) is 1.53. The Balaban J connectivity index is 1.65. The van der Waals surface area contributed by atoms with Crippen molar-refractivity contribution in [1.29, 1.82) is 0 Å². The maximum absolute atomic E-state index is 5.88. The molecule has 9 nitrogen and oxygen atoms in total. The lowest BCUT2D eigenvalue weighted by atomic mass is 10.1. The Morgan fingerprint density at radius 2 is 2.04 bits per heavy atom. The van der Waals surface area contributed by atoms with Crippen molar-refractivity contribution in [2.24, 2.45) is 5.73 Å². The van der Waals surface area contributed by atoms with Crippen LogP contribution in [-0.4, -0.2) is 56.1 Å². The van der Waals surface area contributed by atoms with E-state index in [-0.39, 0.29) is 6.04 Å². The van der Waals surface area contributed by atoms with Crippen LogP contribution in [0.3, 0.4) is 0 Å². The maximum Gasteiger partial charge on any atom is 0.213 e. The van der Waals surface area contributed by atoms with Crippen molar-refractivity contribution in [3.05, 3.63) is 48.3 Å². The first-order valence-corrected chi connectivity index (χ1v) is 9.00. The van der Waals surface area contributed by atoms with Gasteiger partial charge in [-0.3, -0.25) is 4.90 Å². The van der Waals surface area contributed by atoms with Crippen molar-refractivity contribution >= 4 is 11.5 Å². The van der Waals surface area contributed by atoms with Crippen molar-refractivity contribution in [1.82, 2.24) is 29.8 Å². The largest absolute Gasteiger partial charge is 0.481 e. The molecule has 144 valence electrons. The van der Waals surface area contributed by atoms with Crippen LogP contribution in [0.4, 0.5) is 11.5 Å². The van der Waals surface area contributed by atoms with Crippen LogP contribution in [0.2, 0.25) is 0 Å². The first kappa shape index (κ1) is 18.2. The Bertz CT molecular complexity index is 956. The summed E-state index contributed by atoms with van der Waals surface area (Å²) in [5.41, 5.74) is 8.57. The molecule has 4 rings (SSSR count). The Kier molecular flexibility index (Phi) is 5.09. The van der Waals surface area contributed by atoms with E-state index in [1.54, 1.807) is 19.4 Å². The van der Waals surface area contributed by atoms with Crippen LogP contribution in [0.5, 0.6) is 5.88 Å². The fourth-order valence-electron chi connectivity index (χ4n) is 3.08. The Morgan fingerprint density at radius 1 is 1.18 bits per heavy atom. The molecule has 3 N–H and O–H groups in total. The molecule has 1 aliphatic rings. The third-order valence-corrected chi connectivity index (χ3v) is 4.48. The number of hydrogen-bond acceptors (Lipinski definition) is 9. The number of ether oxygens (including phenoxy) is 1. The van der Waals surface area contributed by atoms with E-state index < -0.39 is 0 Å². The second-order valence-corrected chi connectivity index (χ2v) is 6.76. The monoisotopic (exact) mass is 378 g/mol. The molecule has 0 radical (unpaired) electrons. The number of nitrogens with zero attached hydrogens (tertiary/aromatic N) is 6. The van der Waals surface area contributed by atoms with Crippen LogP contribution < -0.4 is 15.8 Å². The summed E-state index contributed by atoms with van der Waals surface area (Å²) in [5, 5.41) is 3.29. The lowest BCUT2D eigenvalue weighted by molar-refractivity contribution is 0.142. The number of nitrogens with two attached hydrogens (primary N) is 1. The molecule has 0 spiro atoms. The first-order valence-electron chi connectivity index (χ1n) is 9.00. The van der Waals surface area contributed by atoms with E-state index in [4.69, 9.17) is 10.5 Å². The molecule has 0 atom stereocenters. The van der Waals surface area contributed by atoms with Crippen LogP contribution >= 0.6 is 0 Å². The highest BCUT2D eigenvalue weighted by atomic mass is 16.5. The van der Waals surface area contributed by atoms with Gasteiger partial charge >= 0.3 is 0 Å². The van der Waals surface area contributed by atoms with E-state index in [0.29, 0.717) is 23.3 Å². The van der Waals surface area contributed by atoms with Crippen molar-refractivity contribution in [3.63, 3.8) is 0 Å². The Hall–Kier alpha value is -3.17. The molecule has 1 fully saturated rings. The van der Waals surface area contributed by atoms with E-state index >= 15 is 0 Å². The van der Waals surface area contributed by atoms with E-state index in [9.17, 15) is 0 Å². The zero-order valence-electron chi connectivity index (χ0n) is 15.8. The molecule has 0 amide bonds. The second kappa shape index (κ2) is 7.83. The summed E-state index contributed by atoms with van der Waals surface area (Å²) in [6.45, 7) is 4.43. The van der Waals surface area contributed by atoms with Gasteiger partial charge in [0.1, 0.15) is 18.0 Å². The van der Waals surface area contributed by atoms with Gasteiger partial charge in [0.05, 0.1) is 24.6 Å². The van der Waals surface area contributed by atoms with Crippen molar-refractivity contribution < 1.29 is 4.74 Å². The molecule has 4 heterocycles. The van der Waals surface area contributed by atoms with Gasteiger partial charge < -0.3 is 15.8 Å². The van der Waals surface area contributed by atoms with Crippen molar-refractivity contribution in [2.75, 3.05) is 25.5 Å². The lowest BCUT2D eigenvalue weighted by Crippen LogP contribution is -2.54. The third-order valence-electron chi connectivity index (χ3n) is 4.48. The van der Waals surface area contributed by atoms with Gasteiger partial charge in [0.15, 0.2) is 5.82 Å². The molecule has 0 bridgehead atoms. The maximum atomic E-state index is 5.88. The number of aromatic nitrogens is 5. The standard InChI is InChI=1S/C19H22N8O/c1-12-23-11-24-19(25-12)16-5-13(8-27-9-14(20)10-27)6-22-18(16)26-15-3-4-17(28-2)21-7-15/h3-7,11,14H,8-10,20H2,1-2H3,(H,22,26). The summed E-state index contributed by atoms with van der Waals surface area (Å²) in [7, 11) is 1.59. The molecular weight excluding hydrogens is 356 g/mol. The summed E-state index contributed by atoms with van der Waals surface area (Å²) in [6.07, 6.45) is 5.07. The molecule has 0 aliphatic carbocycles.